The second kappa shape index (κ2) is 12.6. The van der Waals surface area contributed by atoms with Crippen LogP contribution in [0.4, 0.5) is 15.5 Å². The highest BCUT2D eigenvalue weighted by atomic mass is 28.4. The highest BCUT2D eigenvalue weighted by Crippen LogP contribution is 2.60. The summed E-state index contributed by atoms with van der Waals surface area (Å²) in [6.07, 6.45) is 2.41. The van der Waals surface area contributed by atoms with Gasteiger partial charge >= 0.3 is 0 Å². The molecule has 0 aromatic heterocycles. The van der Waals surface area contributed by atoms with Gasteiger partial charge in [-0.3, -0.25) is 14.4 Å². The van der Waals surface area contributed by atoms with Crippen LogP contribution in [-0.4, -0.2) is 74.5 Å². The van der Waals surface area contributed by atoms with E-state index in [2.05, 4.69) is 10.6 Å². The first kappa shape index (κ1) is 31.8. The number of nitrogens with zero attached hydrogens (tertiary/aromatic N) is 2. The lowest BCUT2D eigenvalue weighted by molar-refractivity contribution is -0.150. The smallest absolute Gasteiger partial charge is 0.264 e. The lowest BCUT2D eigenvalue weighted by Crippen LogP contribution is -2.45. The molecule has 45 heavy (non-hydrogen) atoms. The summed E-state index contributed by atoms with van der Waals surface area (Å²) in [5.74, 6) is -1.25. The predicted molar refractivity (Wildman–Crippen MR) is 173 cm³/mol. The molecule has 3 fully saturated rings. The number of rotatable bonds is 8. The van der Waals surface area contributed by atoms with Crippen LogP contribution in [0.15, 0.2) is 48.5 Å². The van der Waals surface area contributed by atoms with Crippen molar-refractivity contribution in [1.29, 1.82) is 0 Å². The first-order valence-corrected chi connectivity index (χ1v) is 19.3. The Labute approximate surface area is 265 Å². The molecule has 1 spiro atoms. The molecule has 2 aromatic carbocycles. The molecule has 9 nitrogen and oxygen atoms in total. The molecule has 2 aromatic rings. The first-order chi connectivity index (χ1) is 21.5. The molecule has 0 aliphatic carbocycles. The van der Waals surface area contributed by atoms with Gasteiger partial charge in [-0.05, 0) is 69.1 Å². The molecule has 1 unspecified atom stereocenters. The molecule has 0 bridgehead atoms. The second-order valence-electron chi connectivity index (χ2n) is 13.7. The van der Waals surface area contributed by atoms with Crippen molar-refractivity contribution < 1.29 is 28.3 Å². The van der Waals surface area contributed by atoms with E-state index in [1.807, 2.05) is 55.5 Å². The zero-order chi connectivity index (χ0) is 31.9. The molecule has 3 N–H and O–H groups in total. The topological polar surface area (TPSA) is 111 Å². The van der Waals surface area contributed by atoms with Gasteiger partial charge in [0.2, 0.25) is 20.2 Å². The molecule has 3 amide bonds. The second-order valence-corrected chi connectivity index (χ2v) is 17.5. The number of anilines is 2. The van der Waals surface area contributed by atoms with E-state index in [9.17, 15) is 19.5 Å². The summed E-state index contributed by atoms with van der Waals surface area (Å²) in [5, 5.41) is 16.2. The molecule has 0 radical (unpaired) electrons. The summed E-state index contributed by atoms with van der Waals surface area (Å²) in [6, 6.07) is 14.9. The molecular formula is C34H45FN4O5Si. The van der Waals surface area contributed by atoms with Crippen LogP contribution in [0.5, 0.6) is 0 Å². The minimum atomic E-state index is -3.48. The third kappa shape index (κ3) is 5.84. The zero-order valence-electron chi connectivity index (χ0n) is 26.4. The van der Waals surface area contributed by atoms with Gasteiger partial charge in [0, 0.05) is 35.8 Å². The SMILES string of the molecule is C[C@@H]1[C@@H]([Si](C)(C)F)[C@H](CC(=O)N2CCC[C@H]2CO)O[C@@]12C(=O)N(Cc1ccccc1)c1ccc(NC(=O)C3CCCNC3)cc12. The fraction of sp³-hybridized carbons (Fsp3) is 0.559. The fourth-order valence-corrected chi connectivity index (χ4v) is 10.7. The first-order valence-electron chi connectivity index (χ1n) is 16.3. The summed E-state index contributed by atoms with van der Waals surface area (Å²) in [6.45, 7) is 7.38. The van der Waals surface area contributed by atoms with E-state index < -0.39 is 31.6 Å². The van der Waals surface area contributed by atoms with Crippen LogP contribution < -0.4 is 15.5 Å². The Balaban J connectivity index is 1.38. The number of amides is 3. The number of hydrogen-bond donors (Lipinski definition) is 3. The van der Waals surface area contributed by atoms with Gasteiger partial charge in [0.1, 0.15) is 0 Å². The zero-order valence-corrected chi connectivity index (χ0v) is 27.4. The van der Waals surface area contributed by atoms with E-state index in [1.165, 1.54) is 0 Å². The Bertz CT molecular complexity index is 1430. The van der Waals surface area contributed by atoms with Crippen LogP contribution in [0.25, 0.3) is 0 Å². The maximum atomic E-state index is 16.3. The molecule has 0 saturated carbocycles. The number of piperidine rings is 1. The number of fused-ring (bicyclic) bond motifs is 2. The Morgan fingerprint density at radius 2 is 1.93 bits per heavy atom. The maximum absolute atomic E-state index is 16.3. The van der Waals surface area contributed by atoms with E-state index >= 15 is 4.11 Å². The average Bonchev–Trinajstić information content (AvgIpc) is 3.68. The molecule has 4 aliphatic rings. The van der Waals surface area contributed by atoms with E-state index in [-0.39, 0.29) is 42.7 Å². The van der Waals surface area contributed by atoms with Crippen LogP contribution in [0.1, 0.15) is 50.2 Å². The Kier molecular flexibility index (Phi) is 8.90. The van der Waals surface area contributed by atoms with Crippen molar-refractivity contribution in [1.82, 2.24) is 10.2 Å². The quantitative estimate of drug-likeness (QED) is 0.294. The molecule has 6 atom stereocenters. The number of ether oxygens (including phenoxy) is 1. The number of nitrogens with one attached hydrogen (secondary N) is 2. The Morgan fingerprint density at radius 3 is 2.62 bits per heavy atom. The van der Waals surface area contributed by atoms with Crippen LogP contribution in [0.3, 0.4) is 0 Å². The van der Waals surface area contributed by atoms with Gasteiger partial charge in [-0.1, -0.05) is 37.3 Å². The summed E-state index contributed by atoms with van der Waals surface area (Å²) < 4.78 is 23.1. The number of likely N-dealkylation sites (tertiary alicyclic amines) is 1. The normalized spacial score (nSPS) is 29.8. The summed E-state index contributed by atoms with van der Waals surface area (Å²) in [4.78, 5) is 44.9. The molecule has 11 heteroatoms. The number of halogens is 1. The lowest BCUT2D eigenvalue weighted by Gasteiger charge is -2.31. The highest BCUT2D eigenvalue weighted by Gasteiger charge is 2.67. The number of carbonyl (C=O) groups is 3. The average molecular weight is 637 g/mol. The number of hydrogen-bond acceptors (Lipinski definition) is 6. The molecule has 4 heterocycles. The summed E-state index contributed by atoms with van der Waals surface area (Å²) in [5.41, 5.74) is 0.625. The van der Waals surface area contributed by atoms with Crippen molar-refractivity contribution in [3.05, 3.63) is 59.7 Å². The Morgan fingerprint density at radius 1 is 1.16 bits per heavy atom. The molecule has 6 rings (SSSR count). The summed E-state index contributed by atoms with van der Waals surface area (Å²) in [7, 11) is -3.48. The van der Waals surface area contributed by atoms with E-state index in [4.69, 9.17) is 4.74 Å². The highest BCUT2D eigenvalue weighted by molar-refractivity contribution is 6.72. The van der Waals surface area contributed by atoms with Gasteiger partial charge in [0.15, 0.2) is 5.60 Å². The van der Waals surface area contributed by atoms with Crippen molar-refractivity contribution in [2.75, 3.05) is 36.5 Å². The van der Waals surface area contributed by atoms with Crippen LogP contribution in [0.2, 0.25) is 18.6 Å². The lowest BCUT2D eigenvalue weighted by atomic mass is 9.82. The van der Waals surface area contributed by atoms with Crippen LogP contribution in [0, 0.1) is 11.8 Å². The number of carbonyl (C=O) groups excluding carboxylic acids is 3. The van der Waals surface area contributed by atoms with Crippen molar-refractivity contribution in [3.63, 3.8) is 0 Å². The summed E-state index contributed by atoms with van der Waals surface area (Å²) >= 11 is 0. The third-order valence-electron chi connectivity index (χ3n) is 10.4. The largest absolute Gasteiger partial charge is 0.394 e. The molecule has 3 saturated heterocycles. The van der Waals surface area contributed by atoms with Gasteiger partial charge < -0.3 is 34.4 Å². The third-order valence-corrected chi connectivity index (χ3v) is 12.8. The van der Waals surface area contributed by atoms with Crippen molar-refractivity contribution >= 4 is 37.5 Å². The standard InChI is InChI=1S/C34H45FN4O5Si/c1-22-31(45(2,3)35)29(18-30(41)38-16-8-12-26(38)21-40)44-34(22)27-17-25(37-32(42)24-11-7-15-36-19-24)13-14-28(27)39(33(34)43)20-23-9-5-4-6-10-23/h4-6,9-10,13-14,17,22,24,26,29,31,36,40H,7-8,11-12,15-16,18-21H2,1-3H3,(H,37,42)/t22-,24?,26+,29+,31-,34+/m1/s1. The number of aliphatic hydroxyl groups is 1. The molecule has 4 aliphatic heterocycles. The van der Waals surface area contributed by atoms with Crippen LogP contribution in [-0.2, 0) is 31.3 Å². The number of aliphatic hydroxyl groups excluding tert-OH is 1. The van der Waals surface area contributed by atoms with Crippen molar-refractivity contribution in [3.8, 4) is 0 Å². The monoisotopic (exact) mass is 636 g/mol. The van der Waals surface area contributed by atoms with Gasteiger partial charge in [-0.25, -0.2) is 0 Å². The minimum Gasteiger partial charge on any atom is -0.394 e. The molecule has 242 valence electrons. The maximum Gasteiger partial charge on any atom is 0.264 e. The van der Waals surface area contributed by atoms with Crippen molar-refractivity contribution in [2.45, 2.75) is 82.0 Å². The van der Waals surface area contributed by atoms with Crippen molar-refractivity contribution in [2.24, 2.45) is 11.8 Å². The van der Waals surface area contributed by atoms with Gasteiger partial charge in [0.25, 0.3) is 5.91 Å². The minimum absolute atomic E-state index is 0.0555. The van der Waals surface area contributed by atoms with E-state index in [0.717, 1.165) is 37.8 Å². The number of benzene rings is 2. The van der Waals surface area contributed by atoms with Gasteiger partial charge in [-0.2, -0.15) is 0 Å². The van der Waals surface area contributed by atoms with E-state index in [1.54, 1.807) is 22.9 Å². The van der Waals surface area contributed by atoms with Gasteiger partial charge in [-0.15, -0.1) is 0 Å². The van der Waals surface area contributed by atoms with Gasteiger partial charge in [0.05, 0.1) is 43.3 Å². The molecular weight excluding hydrogens is 591 g/mol. The predicted octanol–water partition coefficient (Wildman–Crippen LogP) is 4.32. The van der Waals surface area contributed by atoms with E-state index in [0.29, 0.717) is 36.6 Å². The van der Waals surface area contributed by atoms with Crippen LogP contribution >= 0.6 is 0 Å². The fourth-order valence-electron chi connectivity index (χ4n) is 8.21. The Hall–Kier alpha value is -3.12.